The highest BCUT2D eigenvalue weighted by Crippen LogP contribution is 2.33. The normalized spacial score (nSPS) is 22.3. The maximum absolute atomic E-state index is 12.0. The van der Waals surface area contributed by atoms with Crippen molar-refractivity contribution >= 4 is 12.0 Å². The molecule has 2 aliphatic rings. The van der Waals surface area contributed by atoms with E-state index < -0.39 is 5.60 Å². The number of likely N-dealkylation sites (tertiary alicyclic amines) is 1. The molecule has 2 amide bonds. The molecule has 5 nitrogen and oxygen atoms in total. The molecule has 1 N–H and O–H groups in total. The molecule has 114 valence electrons. The molecule has 20 heavy (non-hydrogen) atoms. The summed E-state index contributed by atoms with van der Waals surface area (Å²) in [5.41, 5.74) is -0.758. The number of carbonyl (C=O) groups is 2. The summed E-state index contributed by atoms with van der Waals surface area (Å²) < 4.78 is 5.30. The number of nitrogens with zero attached hydrogens (tertiary/aromatic N) is 1. The number of nitrogens with one attached hydrogen (secondary N) is 1. The van der Waals surface area contributed by atoms with Crippen molar-refractivity contribution in [1.29, 1.82) is 0 Å². The van der Waals surface area contributed by atoms with E-state index in [-0.39, 0.29) is 17.6 Å². The molecule has 1 heterocycles. The Morgan fingerprint density at radius 1 is 1.20 bits per heavy atom. The molecule has 5 heteroatoms. The van der Waals surface area contributed by atoms with Crippen molar-refractivity contribution in [3.05, 3.63) is 0 Å². The molecule has 0 unspecified atom stereocenters. The Kier molecular flexibility index (Phi) is 3.98. The first-order valence-corrected chi connectivity index (χ1v) is 7.48. The van der Waals surface area contributed by atoms with E-state index in [4.69, 9.17) is 4.74 Å². The van der Waals surface area contributed by atoms with E-state index in [9.17, 15) is 9.59 Å². The smallest absolute Gasteiger partial charge is 0.408 e. The van der Waals surface area contributed by atoms with Crippen molar-refractivity contribution in [3.63, 3.8) is 0 Å². The van der Waals surface area contributed by atoms with E-state index in [1.54, 1.807) is 0 Å². The Bertz CT molecular complexity index is 388. The van der Waals surface area contributed by atoms with Crippen LogP contribution in [0, 0.1) is 5.92 Å². The SMILES string of the molecule is CC1(NC(=O)OC(C)(C)C)CCN(C(=O)C2CC2)CC1. The van der Waals surface area contributed by atoms with Gasteiger partial charge in [0.15, 0.2) is 0 Å². The van der Waals surface area contributed by atoms with Crippen LogP contribution in [0.3, 0.4) is 0 Å². The van der Waals surface area contributed by atoms with Gasteiger partial charge in [-0.15, -0.1) is 0 Å². The number of rotatable bonds is 2. The molecule has 2 rings (SSSR count). The monoisotopic (exact) mass is 282 g/mol. The van der Waals surface area contributed by atoms with Crippen LogP contribution in [0.2, 0.25) is 0 Å². The molecule has 0 aromatic rings. The van der Waals surface area contributed by atoms with Crippen LogP contribution in [0.1, 0.15) is 53.4 Å². The second-order valence-electron chi connectivity index (χ2n) is 7.29. The predicted molar refractivity (Wildman–Crippen MR) is 76.3 cm³/mol. The average molecular weight is 282 g/mol. The fraction of sp³-hybridized carbons (Fsp3) is 0.867. The van der Waals surface area contributed by atoms with Gasteiger partial charge in [-0.25, -0.2) is 4.79 Å². The zero-order valence-corrected chi connectivity index (χ0v) is 13.0. The highest BCUT2D eigenvalue weighted by Gasteiger charge is 2.38. The van der Waals surface area contributed by atoms with E-state index in [1.165, 1.54) is 0 Å². The molecule has 0 radical (unpaired) electrons. The third kappa shape index (κ3) is 4.12. The van der Waals surface area contributed by atoms with Gasteiger partial charge in [0, 0.05) is 24.5 Å². The van der Waals surface area contributed by atoms with E-state index in [0.29, 0.717) is 5.91 Å². The zero-order valence-electron chi connectivity index (χ0n) is 13.0. The van der Waals surface area contributed by atoms with Crippen LogP contribution < -0.4 is 5.32 Å². The predicted octanol–water partition coefficient (Wildman–Crippen LogP) is 2.30. The van der Waals surface area contributed by atoms with Crippen molar-refractivity contribution in [2.75, 3.05) is 13.1 Å². The second-order valence-corrected chi connectivity index (χ2v) is 7.29. The lowest BCUT2D eigenvalue weighted by molar-refractivity contribution is -0.134. The summed E-state index contributed by atoms with van der Waals surface area (Å²) in [5.74, 6) is 0.572. The van der Waals surface area contributed by atoms with Crippen molar-refractivity contribution in [2.45, 2.75) is 64.5 Å². The summed E-state index contributed by atoms with van der Waals surface area (Å²) in [6, 6.07) is 0. The maximum atomic E-state index is 12.0. The second kappa shape index (κ2) is 5.26. The Labute approximate surface area is 121 Å². The van der Waals surface area contributed by atoms with Gasteiger partial charge in [0.25, 0.3) is 0 Å². The number of alkyl carbamates (subject to hydrolysis) is 1. The Morgan fingerprint density at radius 2 is 1.75 bits per heavy atom. The third-order valence-corrected chi connectivity index (χ3v) is 3.91. The molecular weight excluding hydrogens is 256 g/mol. The number of hydrogen-bond donors (Lipinski definition) is 1. The summed E-state index contributed by atoms with van der Waals surface area (Å²) in [6.07, 6.45) is 3.28. The van der Waals surface area contributed by atoms with Crippen LogP contribution in [0.25, 0.3) is 0 Å². The highest BCUT2D eigenvalue weighted by atomic mass is 16.6. The van der Waals surface area contributed by atoms with E-state index in [1.807, 2.05) is 32.6 Å². The van der Waals surface area contributed by atoms with Crippen LogP contribution >= 0.6 is 0 Å². The fourth-order valence-electron chi connectivity index (χ4n) is 2.48. The van der Waals surface area contributed by atoms with Crippen molar-refractivity contribution in [3.8, 4) is 0 Å². The van der Waals surface area contributed by atoms with Gasteiger partial charge in [-0.2, -0.15) is 0 Å². The molecule has 1 aliphatic heterocycles. The minimum Gasteiger partial charge on any atom is -0.444 e. The molecule has 0 atom stereocenters. The molecule has 0 aromatic heterocycles. The summed E-state index contributed by atoms with van der Waals surface area (Å²) >= 11 is 0. The quantitative estimate of drug-likeness (QED) is 0.845. The van der Waals surface area contributed by atoms with Crippen LogP contribution in [-0.4, -0.2) is 41.1 Å². The minimum absolute atomic E-state index is 0.275. The Morgan fingerprint density at radius 3 is 2.20 bits per heavy atom. The Hall–Kier alpha value is -1.26. The van der Waals surface area contributed by atoms with Gasteiger partial charge >= 0.3 is 6.09 Å². The van der Waals surface area contributed by atoms with Crippen molar-refractivity contribution < 1.29 is 14.3 Å². The lowest BCUT2D eigenvalue weighted by Crippen LogP contribution is -2.55. The first-order chi connectivity index (χ1) is 9.19. The molecule has 1 saturated heterocycles. The van der Waals surface area contributed by atoms with Crippen LogP contribution in [0.4, 0.5) is 4.79 Å². The highest BCUT2D eigenvalue weighted by molar-refractivity contribution is 5.81. The van der Waals surface area contributed by atoms with Gasteiger partial charge in [-0.05, 0) is 53.4 Å². The Balaban J connectivity index is 1.81. The van der Waals surface area contributed by atoms with Crippen LogP contribution in [-0.2, 0) is 9.53 Å². The zero-order chi connectivity index (χ0) is 15.0. The largest absolute Gasteiger partial charge is 0.444 e. The van der Waals surface area contributed by atoms with Gasteiger partial charge in [0.05, 0.1) is 0 Å². The van der Waals surface area contributed by atoms with Crippen LogP contribution in [0.15, 0.2) is 0 Å². The van der Waals surface area contributed by atoms with E-state index in [2.05, 4.69) is 5.32 Å². The number of piperidine rings is 1. The molecule has 0 aromatic carbocycles. The van der Waals surface area contributed by atoms with E-state index in [0.717, 1.165) is 38.8 Å². The third-order valence-electron chi connectivity index (χ3n) is 3.91. The maximum Gasteiger partial charge on any atom is 0.408 e. The average Bonchev–Trinajstić information content (AvgIpc) is 3.09. The van der Waals surface area contributed by atoms with Crippen molar-refractivity contribution in [2.24, 2.45) is 5.92 Å². The summed E-state index contributed by atoms with van der Waals surface area (Å²) in [5, 5.41) is 2.96. The topological polar surface area (TPSA) is 58.6 Å². The van der Waals surface area contributed by atoms with Gasteiger partial charge in [0.1, 0.15) is 5.60 Å². The molecule has 0 spiro atoms. The van der Waals surface area contributed by atoms with Gasteiger partial charge in [-0.3, -0.25) is 4.79 Å². The summed E-state index contributed by atoms with van der Waals surface area (Å²) in [4.78, 5) is 25.8. The molecule has 0 bridgehead atoms. The number of hydrogen-bond acceptors (Lipinski definition) is 3. The van der Waals surface area contributed by atoms with E-state index >= 15 is 0 Å². The summed E-state index contributed by atoms with van der Waals surface area (Å²) in [6.45, 7) is 9.03. The minimum atomic E-state index is -0.483. The number of ether oxygens (including phenoxy) is 1. The lowest BCUT2D eigenvalue weighted by atomic mass is 9.89. The number of carbonyl (C=O) groups excluding carboxylic acids is 2. The molecule has 1 aliphatic carbocycles. The molecule has 1 saturated carbocycles. The molecular formula is C15H26N2O3. The summed E-state index contributed by atoms with van der Waals surface area (Å²) in [7, 11) is 0. The number of amides is 2. The first kappa shape index (κ1) is 15.1. The fourth-order valence-corrected chi connectivity index (χ4v) is 2.48. The van der Waals surface area contributed by atoms with Crippen molar-refractivity contribution in [1.82, 2.24) is 10.2 Å². The first-order valence-electron chi connectivity index (χ1n) is 7.48. The van der Waals surface area contributed by atoms with Gasteiger partial charge in [0.2, 0.25) is 5.91 Å². The van der Waals surface area contributed by atoms with Gasteiger partial charge < -0.3 is 15.0 Å². The van der Waals surface area contributed by atoms with Crippen LogP contribution in [0.5, 0.6) is 0 Å². The standard InChI is InChI=1S/C15H26N2O3/c1-14(2,3)20-13(19)16-15(4)7-9-17(10-8-15)12(18)11-5-6-11/h11H,5-10H2,1-4H3,(H,16,19). The lowest BCUT2D eigenvalue weighted by Gasteiger charge is -2.40. The van der Waals surface area contributed by atoms with Gasteiger partial charge in [-0.1, -0.05) is 0 Å². The molecule has 2 fully saturated rings.